The van der Waals surface area contributed by atoms with Gasteiger partial charge in [-0.1, -0.05) is 60.2 Å². The Hall–Kier alpha value is -2.38. The van der Waals surface area contributed by atoms with E-state index in [9.17, 15) is 4.79 Å². The van der Waals surface area contributed by atoms with E-state index in [4.69, 9.17) is 10.2 Å². The Labute approximate surface area is 195 Å². The van der Waals surface area contributed by atoms with Gasteiger partial charge in [0, 0.05) is 31.7 Å². The summed E-state index contributed by atoms with van der Waals surface area (Å²) in [6, 6.07) is 17.2. The van der Waals surface area contributed by atoms with Crippen molar-refractivity contribution >= 4 is 30.7 Å². The lowest BCUT2D eigenvalue weighted by molar-refractivity contribution is -0.134. The number of aromatic nitrogens is 1. The zero-order valence-electron chi connectivity index (χ0n) is 17.4. The molecule has 0 saturated carbocycles. The third-order valence-electron chi connectivity index (χ3n) is 5.36. The van der Waals surface area contributed by atoms with Crippen molar-refractivity contribution in [3.05, 3.63) is 77.8 Å². The van der Waals surface area contributed by atoms with Crippen LogP contribution in [0.2, 0.25) is 0 Å². The van der Waals surface area contributed by atoms with Crippen molar-refractivity contribution in [2.45, 2.75) is 19.5 Å². The second kappa shape index (κ2) is 11.3. The SMILES string of the molecule is Cc1ccc(C(N)C(=O)N2CCN(Cc3ncc(-c4ccccc4)o3)CC2)cc1.Cl.Cl. The maximum atomic E-state index is 12.8. The third kappa shape index (κ3) is 6.08. The first-order valence-electron chi connectivity index (χ1n) is 9.93. The number of hydrogen-bond acceptors (Lipinski definition) is 5. The van der Waals surface area contributed by atoms with Gasteiger partial charge in [0.05, 0.1) is 12.7 Å². The van der Waals surface area contributed by atoms with Crippen molar-refractivity contribution in [1.82, 2.24) is 14.8 Å². The minimum absolute atomic E-state index is 0. The minimum Gasteiger partial charge on any atom is -0.439 e. The number of nitrogens with zero attached hydrogens (tertiary/aromatic N) is 3. The highest BCUT2D eigenvalue weighted by atomic mass is 35.5. The average molecular weight is 463 g/mol. The molecule has 0 bridgehead atoms. The van der Waals surface area contributed by atoms with Crippen molar-refractivity contribution in [1.29, 1.82) is 0 Å². The van der Waals surface area contributed by atoms with Gasteiger partial charge in [-0.3, -0.25) is 9.69 Å². The summed E-state index contributed by atoms with van der Waals surface area (Å²) >= 11 is 0. The Kier molecular flexibility index (Phi) is 9.07. The van der Waals surface area contributed by atoms with E-state index in [0.29, 0.717) is 25.5 Å². The predicted octanol–water partition coefficient (Wildman–Crippen LogP) is 3.84. The van der Waals surface area contributed by atoms with Crippen LogP contribution in [0.15, 0.2) is 65.2 Å². The number of piperazine rings is 1. The Morgan fingerprint density at radius 3 is 2.32 bits per heavy atom. The molecule has 166 valence electrons. The number of rotatable bonds is 5. The van der Waals surface area contributed by atoms with Crippen LogP contribution in [0.3, 0.4) is 0 Å². The Morgan fingerprint density at radius 1 is 1.03 bits per heavy atom. The van der Waals surface area contributed by atoms with Crippen molar-refractivity contribution in [2.24, 2.45) is 5.73 Å². The zero-order chi connectivity index (χ0) is 20.2. The quantitative estimate of drug-likeness (QED) is 0.623. The normalized spacial score (nSPS) is 15.0. The van der Waals surface area contributed by atoms with Crippen LogP contribution < -0.4 is 5.73 Å². The first-order valence-corrected chi connectivity index (χ1v) is 9.93. The maximum absolute atomic E-state index is 12.8. The van der Waals surface area contributed by atoms with Crippen LogP contribution in [0.25, 0.3) is 11.3 Å². The van der Waals surface area contributed by atoms with Gasteiger partial charge in [0.25, 0.3) is 0 Å². The number of halogens is 2. The molecule has 1 aliphatic heterocycles. The topological polar surface area (TPSA) is 75.6 Å². The lowest BCUT2D eigenvalue weighted by atomic mass is 10.0. The van der Waals surface area contributed by atoms with Crippen LogP contribution in [0.1, 0.15) is 23.1 Å². The molecule has 0 aliphatic carbocycles. The molecule has 8 heteroatoms. The summed E-state index contributed by atoms with van der Waals surface area (Å²) in [4.78, 5) is 21.3. The molecule has 1 unspecified atom stereocenters. The predicted molar refractivity (Wildman–Crippen MR) is 126 cm³/mol. The van der Waals surface area contributed by atoms with Gasteiger partial charge in [0.1, 0.15) is 6.04 Å². The number of carbonyl (C=O) groups excluding carboxylic acids is 1. The average Bonchev–Trinajstić information content (AvgIpc) is 3.23. The fourth-order valence-corrected chi connectivity index (χ4v) is 3.55. The van der Waals surface area contributed by atoms with Crippen molar-refractivity contribution in [2.75, 3.05) is 26.2 Å². The van der Waals surface area contributed by atoms with Gasteiger partial charge in [-0.05, 0) is 12.5 Å². The number of amides is 1. The van der Waals surface area contributed by atoms with Crippen LogP contribution in [0.5, 0.6) is 0 Å². The van der Waals surface area contributed by atoms with Crippen LogP contribution >= 0.6 is 24.8 Å². The molecule has 1 saturated heterocycles. The lowest BCUT2D eigenvalue weighted by Gasteiger charge is -2.35. The van der Waals surface area contributed by atoms with Crippen LogP contribution in [-0.2, 0) is 11.3 Å². The molecule has 1 atom stereocenters. The molecule has 4 rings (SSSR count). The molecule has 0 radical (unpaired) electrons. The molecule has 2 heterocycles. The van der Waals surface area contributed by atoms with E-state index in [2.05, 4.69) is 9.88 Å². The highest BCUT2D eigenvalue weighted by molar-refractivity contribution is 5.85. The largest absolute Gasteiger partial charge is 0.439 e. The number of aryl methyl sites for hydroxylation is 1. The Balaban J connectivity index is 0.00000171. The van der Waals surface area contributed by atoms with E-state index in [1.807, 2.05) is 66.4 Å². The molecular formula is C23H28Cl2N4O2. The summed E-state index contributed by atoms with van der Waals surface area (Å²) in [6.07, 6.45) is 1.77. The minimum atomic E-state index is -0.609. The van der Waals surface area contributed by atoms with Crippen LogP contribution in [0.4, 0.5) is 0 Å². The van der Waals surface area contributed by atoms with Gasteiger partial charge in [0.2, 0.25) is 11.8 Å². The number of benzene rings is 2. The maximum Gasteiger partial charge on any atom is 0.244 e. The molecule has 31 heavy (non-hydrogen) atoms. The summed E-state index contributed by atoms with van der Waals surface area (Å²) in [6.45, 7) is 5.52. The van der Waals surface area contributed by atoms with E-state index in [1.54, 1.807) is 6.20 Å². The molecule has 1 aliphatic rings. The molecular weight excluding hydrogens is 435 g/mol. The number of carbonyl (C=O) groups is 1. The van der Waals surface area contributed by atoms with Crippen molar-refractivity contribution in [3.8, 4) is 11.3 Å². The van der Waals surface area contributed by atoms with Gasteiger partial charge < -0.3 is 15.1 Å². The Morgan fingerprint density at radius 2 is 1.68 bits per heavy atom. The van der Waals surface area contributed by atoms with E-state index in [0.717, 1.165) is 35.5 Å². The lowest BCUT2D eigenvalue weighted by Crippen LogP contribution is -2.50. The molecule has 3 aromatic rings. The van der Waals surface area contributed by atoms with Crippen LogP contribution in [-0.4, -0.2) is 46.9 Å². The van der Waals surface area contributed by atoms with Gasteiger partial charge in [0.15, 0.2) is 5.76 Å². The molecule has 0 spiro atoms. The molecule has 6 nitrogen and oxygen atoms in total. The summed E-state index contributed by atoms with van der Waals surface area (Å²) in [5.74, 6) is 1.45. The molecule has 2 aromatic carbocycles. The molecule has 2 N–H and O–H groups in total. The van der Waals surface area contributed by atoms with Gasteiger partial charge in [-0.25, -0.2) is 4.98 Å². The fraction of sp³-hybridized carbons (Fsp3) is 0.304. The zero-order valence-corrected chi connectivity index (χ0v) is 19.1. The first-order chi connectivity index (χ1) is 14.1. The number of hydrogen-bond donors (Lipinski definition) is 1. The summed E-state index contributed by atoms with van der Waals surface area (Å²) < 4.78 is 5.90. The number of oxazole rings is 1. The highest BCUT2D eigenvalue weighted by Gasteiger charge is 2.26. The van der Waals surface area contributed by atoms with Crippen LogP contribution in [0, 0.1) is 6.92 Å². The molecule has 1 amide bonds. The Bertz CT molecular complexity index is 955. The van der Waals surface area contributed by atoms with Gasteiger partial charge in [-0.15, -0.1) is 24.8 Å². The standard InChI is InChI=1S/C23H26N4O2.2ClH/c1-17-7-9-19(10-8-17)22(24)23(28)27-13-11-26(12-14-27)16-21-25-15-20(29-21)18-5-3-2-4-6-18;;/h2-10,15,22H,11-14,16,24H2,1H3;2*1H. The van der Waals surface area contributed by atoms with Gasteiger partial charge >= 0.3 is 0 Å². The number of nitrogens with two attached hydrogens (primary N) is 1. The summed E-state index contributed by atoms with van der Waals surface area (Å²) in [5, 5.41) is 0. The van der Waals surface area contributed by atoms with E-state index < -0.39 is 6.04 Å². The summed E-state index contributed by atoms with van der Waals surface area (Å²) in [7, 11) is 0. The van der Waals surface area contributed by atoms with E-state index in [1.165, 1.54) is 0 Å². The first kappa shape index (κ1) is 24.9. The summed E-state index contributed by atoms with van der Waals surface area (Å²) in [5.41, 5.74) is 9.24. The second-order valence-corrected chi connectivity index (χ2v) is 7.47. The van der Waals surface area contributed by atoms with Gasteiger partial charge in [-0.2, -0.15) is 0 Å². The van der Waals surface area contributed by atoms with Crippen molar-refractivity contribution in [3.63, 3.8) is 0 Å². The van der Waals surface area contributed by atoms with E-state index in [-0.39, 0.29) is 30.7 Å². The monoisotopic (exact) mass is 462 g/mol. The fourth-order valence-electron chi connectivity index (χ4n) is 3.55. The van der Waals surface area contributed by atoms with Crippen molar-refractivity contribution < 1.29 is 9.21 Å². The molecule has 1 fully saturated rings. The van der Waals surface area contributed by atoms with E-state index >= 15 is 0 Å². The second-order valence-electron chi connectivity index (χ2n) is 7.47. The highest BCUT2D eigenvalue weighted by Crippen LogP contribution is 2.21. The third-order valence-corrected chi connectivity index (χ3v) is 5.36. The smallest absolute Gasteiger partial charge is 0.244 e. The molecule has 1 aromatic heterocycles.